The summed E-state index contributed by atoms with van der Waals surface area (Å²) in [6.45, 7) is 8.58. The van der Waals surface area contributed by atoms with E-state index in [2.05, 4.69) is 24.4 Å². The predicted octanol–water partition coefficient (Wildman–Crippen LogP) is 4.03. The first kappa shape index (κ1) is 22.4. The molecule has 1 heterocycles. The van der Waals surface area contributed by atoms with Crippen LogP contribution < -0.4 is 5.32 Å². The van der Waals surface area contributed by atoms with Gasteiger partial charge in [0.2, 0.25) is 15.9 Å². The first-order valence-corrected chi connectivity index (χ1v) is 11.7. The molecule has 1 N–H and O–H groups in total. The van der Waals surface area contributed by atoms with Gasteiger partial charge in [-0.2, -0.15) is 4.31 Å². The lowest BCUT2D eigenvalue weighted by atomic mass is 9.95. The van der Waals surface area contributed by atoms with Crippen LogP contribution in [0.3, 0.4) is 0 Å². The van der Waals surface area contributed by atoms with Crippen molar-refractivity contribution >= 4 is 15.9 Å². The molecule has 0 bridgehead atoms. The zero-order valence-corrected chi connectivity index (χ0v) is 18.7. The molecule has 1 aliphatic heterocycles. The topological polar surface area (TPSA) is 66.5 Å². The zero-order chi connectivity index (χ0) is 22.1. The summed E-state index contributed by atoms with van der Waals surface area (Å²) in [7, 11) is -3.76. The third-order valence-corrected chi connectivity index (χ3v) is 7.79. The molecule has 0 spiro atoms. The van der Waals surface area contributed by atoms with Crippen LogP contribution in [-0.4, -0.2) is 31.7 Å². The van der Waals surface area contributed by atoms with Crippen LogP contribution in [0.2, 0.25) is 0 Å². The second-order valence-corrected chi connectivity index (χ2v) is 10.1. The minimum absolute atomic E-state index is 0.0454. The summed E-state index contributed by atoms with van der Waals surface area (Å²) in [5, 5.41) is 3.06. The maximum atomic E-state index is 13.2. The molecular weight excluding hydrogens is 403 g/mol. The Hall–Kier alpha value is -2.25. The summed E-state index contributed by atoms with van der Waals surface area (Å²) in [5.74, 6) is -1.04. The third kappa shape index (κ3) is 4.73. The van der Waals surface area contributed by atoms with Gasteiger partial charge in [0, 0.05) is 13.1 Å². The van der Waals surface area contributed by atoms with Crippen LogP contribution in [0.5, 0.6) is 0 Å². The van der Waals surface area contributed by atoms with Gasteiger partial charge in [-0.25, -0.2) is 12.8 Å². The number of nitrogens with one attached hydrogen (secondary N) is 1. The van der Waals surface area contributed by atoms with Gasteiger partial charge in [-0.1, -0.05) is 12.1 Å². The lowest BCUT2D eigenvalue weighted by molar-refractivity contribution is -0.126. The number of rotatable bonds is 5. The molecule has 162 valence electrons. The van der Waals surface area contributed by atoms with Crippen LogP contribution in [-0.2, 0) is 14.8 Å². The summed E-state index contributed by atoms with van der Waals surface area (Å²) < 4.78 is 40.3. The highest BCUT2D eigenvalue weighted by Gasteiger charge is 2.33. The first-order chi connectivity index (χ1) is 14.1. The molecule has 0 radical (unpaired) electrons. The van der Waals surface area contributed by atoms with Crippen molar-refractivity contribution in [3.8, 4) is 0 Å². The SMILES string of the molecule is Cc1cc(C)c([C@@H](C)NC(=O)[C@H]2CCCN(S(=O)(=O)c3ccc(F)cc3)C2)cc1C. The zero-order valence-electron chi connectivity index (χ0n) is 17.9. The van der Waals surface area contributed by atoms with Crippen molar-refractivity contribution < 1.29 is 17.6 Å². The Morgan fingerprint density at radius 3 is 2.40 bits per heavy atom. The molecule has 0 unspecified atom stereocenters. The molecule has 30 heavy (non-hydrogen) atoms. The van der Waals surface area contributed by atoms with Gasteiger partial charge in [0.15, 0.2) is 0 Å². The number of aryl methyl sites for hydroxylation is 3. The second kappa shape index (κ2) is 8.86. The molecule has 0 aromatic heterocycles. The number of amides is 1. The molecule has 3 rings (SSSR count). The maximum Gasteiger partial charge on any atom is 0.243 e. The van der Waals surface area contributed by atoms with Crippen molar-refractivity contribution in [2.24, 2.45) is 5.92 Å². The Morgan fingerprint density at radius 1 is 1.10 bits per heavy atom. The van der Waals surface area contributed by atoms with Crippen LogP contribution in [0.1, 0.15) is 48.1 Å². The molecule has 1 amide bonds. The van der Waals surface area contributed by atoms with Crippen LogP contribution in [0, 0.1) is 32.5 Å². The number of benzene rings is 2. The van der Waals surface area contributed by atoms with E-state index in [-0.39, 0.29) is 23.4 Å². The van der Waals surface area contributed by atoms with Crippen molar-refractivity contribution in [3.05, 3.63) is 64.5 Å². The largest absolute Gasteiger partial charge is 0.349 e. The van der Waals surface area contributed by atoms with E-state index in [0.717, 1.165) is 23.3 Å². The van der Waals surface area contributed by atoms with E-state index in [1.54, 1.807) is 0 Å². The minimum Gasteiger partial charge on any atom is -0.349 e. The Morgan fingerprint density at radius 2 is 1.73 bits per heavy atom. The van der Waals surface area contributed by atoms with Crippen LogP contribution in [0.4, 0.5) is 4.39 Å². The number of nitrogens with zero attached hydrogens (tertiary/aromatic N) is 1. The quantitative estimate of drug-likeness (QED) is 0.776. The Kier molecular flexibility index (Phi) is 6.62. The summed E-state index contributed by atoms with van der Waals surface area (Å²) in [4.78, 5) is 13.0. The number of hydrogen-bond acceptors (Lipinski definition) is 3. The fourth-order valence-electron chi connectivity index (χ4n) is 3.99. The van der Waals surface area contributed by atoms with Gasteiger partial charge < -0.3 is 5.32 Å². The average molecular weight is 433 g/mol. The molecular formula is C23H29FN2O3S. The molecule has 2 aromatic carbocycles. The molecule has 7 heteroatoms. The Labute approximate surface area is 178 Å². The Balaban J connectivity index is 1.71. The van der Waals surface area contributed by atoms with Gasteiger partial charge in [-0.3, -0.25) is 4.79 Å². The van der Waals surface area contributed by atoms with E-state index in [9.17, 15) is 17.6 Å². The molecule has 0 saturated carbocycles. The maximum absolute atomic E-state index is 13.2. The summed E-state index contributed by atoms with van der Waals surface area (Å²) in [5.41, 5.74) is 4.57. The minimum atomic E-state index is -3.76. The molecule has 2 aromatic rings. The van der Waals surface area contributed by atoms with Gasteiger partial charge in [0.25, 0.3) is 0 Å². The van der Waals surface area contributed by atoms with E-state index in [4.69, 9.17) is 0 Å². The highest BCUT2D eigenvalue weighted by Crippen LogP contribution is 2.26. The summed E-state index contributed by atoms with van der Waals surface area (Å²) >= 11 is 0. The number of carbonyl (C=O) groups excluding carboxylic acids is 1. The number of halogens is 1. The number of piperidine rings is 1. The van der Waals surface area contributed by atoms with E-state index in [1.807, 2.05) is 20.8 Å². The predicted molar refractivity (Wildman–Crippen MR) is 115 cm³/mol. The van der Waals surface area contributed by atoms with Gasteiger partial charge in [-0.15, -0.1) is 0 Å². The Bertz CT molecular complexity index is 1040. The third-order valence-electron chi connectivity index (χ3n) is 5.91. The number of carbonyl (C=O) groups is 1. The number of hydrogen-bond donors (Lipinski definition) is 1. The fraction of sp³-hybridized carbons (Fsp3) is 0.435. The van der Waals surface area contributed by atoms with Crippen molar-refractivity contribution in [2.45, 2.75) is 51.5 Å². The number of sulfonamides is 1. The second-order valence-electron chi connectivity index (χ2n) is 8.18. The molecule has 1 fully saturated rings. The molecule has 2 atom stereocenters. The first-order valence-electron chi connectivity index (χ1n) is 10.2. The summed E-state index contributed by atoms with van der Waals surface area (Å²) in [6, 6.07) is 8.84. The molecule has 5 nitrogen and oxygen atoms in total. The van der Waals surface area contributed by atoms with Crippen molar-refractivity contribution in [2.75, 3.05) is 13.1 Å². The van der Waals surface area contributed by atoms with Crippen LogP contribution in [0.25, 0.3) is 0 Å². The van der Waals surface area contributed by atoms with E-state index in [1.165, 1.54) is 27.6 Å². The van der Waals surface area contributed by atoms with Gasteiger partial charge >= 0.3 is 0 Å². The lowest BCUT2D eigenvalue weighted by Gasteiger charge is -2.32. The van der Waals surface area contributed by atoms with Crippen molar-refractivity contribution in [1.82, 2.24) is 9.62 Å². The molecule has 1 saturated heterocycles. The molecule has 1 aliphatic rings. The van der Waals surface area contributed by atoms with Crippen molar-refractivity contribution in [3.63, 3.8) is 0 Å². The van der Waals surface area contributed by atoms with Crippen LogP contribution in [0.15, 0.2) is 41.3 Å². The van der Waals surface area contributed by atoms with Gasteiger partial charge in [-0.05, 0) is 87.1 Å². The average Bonchev–Trinajstić information content (AvgIpc) is 2.71. The molecule has 0 aliphatic carbocycles. The monoisotopic (exact) mass is 432 g/mol. The van der Waals surface area contributed by atoms with Crippen molar-refractivity contribution in [1.29, 1.82) is 0 Å². The smallest absolute Gasteiger partial charge is 0.243 e. The van der Waals surface area contributed by atoms with E-state index < -0.39 is 21.8 Å². The fourth-order valence-corrected chi connectivity index (χ4v) is 5.51. The van der Waals surface area contributed by atoms with Crippen LogP contribution >= 0.6 is 0 Å². The summed E-state index contributed by atoms with van der Waals surface area (Å²) in [6.07, 6.45) is 1.25. The van der Waals surface area contributed by atoms with E-state index in [0.29, 0.717) is 19.4 Å². The standard InChI is InChI=1S/C23H29FN2O3S/c1-15-12-17(3)22(13-16(15)2)18(4)25-23(27)19-6-5-11-26(14-19)30(28,29)21-9-7-20(24)8-10-21/h7-10,12-13,18-19H,5-6,11,14H2,1-4H3,(H,25,27)/t18-,19+/m1/s1. The lowest BCUT2D eigenvalue weighted by Crippen LogP contribution is -2.45. The highest BCUT2D eigenvalue weighted by molar-refractivity contribution is 7.89. The van der Waals surface area contributed by atoms with Gasteiger partial charge in [0.1, 0.15) is 5.82 Å². The normalized spacial score (nSPS) is 18.8. The highest BCUT2D eigenvalue weighted by atomic mass is 32.2. The van der Waals surface area contributed by atoms with Gasteiger partial charge in [0.05, 0.1) is 16.9 Å². The van der Waals surface area contributed by atoms with E-state index >= 15 is 0 Å².